The van der Waals surface area contributed by atoms with E-state index in [4.69, 9.17) is 0 Å². The summed E-state index contributed by atoms with van der Waals surface area (Å²) < 4.78 is 1.06. The lowest BCUT2D eigenvalue weighted by molar-refractivity contribution is 1.07. The quantitative estimate of drug-likeness (QED) is 0.751. The van der Waals surface area contributed by atoms with E-state index in [0.717, 1.165) is 26.6 Å². The molecule has 0 saturated carbocycles. The monoisotopic (exact) mass is 345 g/mol. The Morgan fingerprint density at radius 1 is 1.10 bits per heavy atom. The van der Waals surface area contributed by atoms with Gasteiger partial charge in [0, 0.05) is 21.7 Å². The number of rotatable bonds is 4. The van der Waals surface area contributed by atoms with Crippen molar-refractivity contribution in [3.05, 3.63) is 64.2 Å². The third kappa shape index (κ3) is 3.05. The fraction of sp³-hybridized carbons (Fsp3) is 0.0667. The van der Waals surface area contributed by atoms with Gasteiger partial charge < -0.3 is 5.32 Å². The number of aromatic nitrogens is 2. The van der Waals surface area contributed by atoms with Crippen LogP contribution in [0.25, 0.3) is 10.7 Å². The second-order valence-corrected chi connectivity index (χ2v) is 5.90. The maximum absolute atomic E-state index is 4.60. The van der Waals surface area contributed by atoms with Gasteiger partial charge in [0.1, 0.15) is 5.01 Å². The van der Waals surface area contributed by atoms with Crippen LogP contribution >= 0.6 is 27.3 Å². The first-order valence-electron chi connectivity index (χ1n) is 6.17. The summed E-state index contributed by atoms with van der Waals surface area (Å²) in [5.74, 6) is 0. The number of nitrogens with one attached hydrogen (secondary N) is 1. The van der Waals surface area contributed by atoms with Gasteiger partial charge in [0.05, 0.1) is 17.9 Å². The zero-order chi connectivity index (χ0) is 13.8. The van der Waals surface area contributed by atoms with Crippen molar-refractivity contribution in [3.8, 4) is 10.7 Å². The minimum absolute atomic E-state index is 0.700. The smallest absolute Gasteiger partial charge is 0.142 e. The predicted octanol–water partition coefficient (Wildman–Crippen LogP) is 4.58. The molecule has 0 aliphatic carbocycles. The summed E-state index contributed by atoms with van der Waals surface area (Å²) in [6.45, 7) is 0.700. The maximum atomic E-state index is 4.60. The second kappa shape index (κ2) is 6.15. The van der Waals surface area contributed by atoms with Gasteiger partial charge in [0.2, 0.25) is 0 Å². The first kappa shape index (κ1) is 13.3. The molecule has 0 aliphatic rings. The van der Waals surface area contributed by atoms with E-state index in [2.05, 4.69) is 36.6 Å². The standard InChI is InChI=1S/C15H12BrN3S/c16-12-5-1-2-6-13(12)18-9-11-10-20-15(19-11)14-7-3-4-8-17-14/h1-8,10,18H,9H2. The summed E-state index contributed by atoms with van der Waals surface area (Å²) >= 11 is 5.14. The molecule has 1 aromatic carbocycles. The lowest BCUT2D eigenvalue weighted by Crippen LogP contribution is -2.00. The Hall–Kier alpha value is -1.72. The van der Waals surface area contributed by atoms with Gasteiger partial charge >= 0.3 is 0 Å². The topological polar surface area (TPSA) is 37.8 Å². The van der Waals surface area contributed by atoms with Crippen LogP contribution in [0.3, 0.4) is 0 Å². The van der Waals surface area contributed by atoms with Crippen LogP contribution in [-0.4, -0.2) is 9.97 Å². The Balaban J connectivity index is 1.71. The van der Waals surface area contributed by atoms with Crippen molar-refractivity contribution in [2.45, 2.75) is 6.54 Å². The molecule has 0 spiro atoms. The molecule has 0 unspecified atom stereocenters. The number of benzene rings is 1. The molecule has 20 heavy (non-hydrogen) atoms. The molecule has 3 aromatic rings. The van der Waals surface area contributed by atoms with Gasteiger partial charge in [-0.05, 0) is 40.2 Å². The average molecular weight is 346 g/mol. The highest BCUT2D eigenvalue weighted by molar-refractivity contribution is 9.10. The van der Waals surface area contributed by atoms with E-state index in [9.17, 15) is 0 Å². The number of para-hydroxylation sites is 1. The third-order valence-corrected chi connectivity index (χ3v) is 4.37. The summed E-state index contributed by atoms with van der Waals surface area (Å²) in [5, 5.41) is 6.39. The van der Waals surface area contributed by atoms with Gasteiger partial charge in [-0.3, -0.25) is 4.98 Å². The molecule has 0 amide bonds. The number of hydrogen-bond donors (Lipinski definition) is 1. The highest BCUT2D eigenvalue weighted by atomic mass is 79.9. The van der Waals surface area contributed by atoms with Gasteiger partial charge in [-0.1, -0.05) is 18.2 Å². The molecule has 0 aliphatic heterocycles. The van der Waals surface area contributed by atoms with Crippen molar-refractivity contribution in [2.75, 3.05) is 5.32 Å². The SMILES string of the molecule is Brc1ccccc1NCc1csc(-c2ccccn2)n1. The van der Waals surface area contributed by atoms with Crippen LogP contribution in [0.5, 0.6) is 0 Å². The van der Waals surface area contributed by atoms with E-state index in [1.165, 1.54) is 0 Å². The highest BCUT2D eigenvalue weighted by Crippen LogP contribution is 2.24. The molecule has 0 saturated heterocycles. The predicted molar refractivity (Wildman–Crippen MR) is 86.8 cm³/mol. The van der Waals surface area contributed by atoms with Crippen LogP contribution in [0, 0.1) is 0 Å². The molecule has 5 heteroatoms. The lowest BCUT2D eigenvalue weighted by Gasteiger charge is -2.06. The second-order valence-electron chi connectivity index (χ2n) is 4.19. The van der Waals surface area contributed by atoms with Crippen LogP contribution < -0.4 is 5.32 Å². The largest absolute Gasteiger partial charge is 0.378 e. The van der Waals surface area contributed by atoms with Gasteiger partial charge in [0.15, 0.2) is 0 Å². The molecule has 0 bridgehead atoms. The zero-order valence-corrected chi connectivity index (χ0v) is 13.0. The van der Waals surface area contributed by atoms with Crippen LogP contribution in [0.1, 0.15) is 5.69 Å². The number of anilines is 1. The molecule has 1 N–H and O–H groups in total. The fourth-order valence-corrected chi connectivity index (χ4v) is 3.01. The van der Waals surface area contributed by atoms with Crippen molar-refractivity contribution in [1.29, 1.82) is 0 Å². The summed E-state index contributed by atoms with van der Waals surface area (Å²) in [7, 11) is 0. The highest BCUT2D eigenvalue weighted by Gasteiger charge is 2.05. The van der Waals surface area contributed by atoms with E-state index in [0.29, 0.717) is 6.54 Å². The van der Waals surface area contributed by atoms with Crippen molar-refractivity contribution in [1.82, 2.24) is 9.97 Å². The van der Waals surface area contributed by atoms with E-state index >= 15 is 0 Å². The lowest BCUT2D eigenvalue weighted by atomic mass is 10.3. The summed E-state index contributed by atoms with van der Waals surface area (Å²) in [6.07, 6.45) is 1.79. The number of hydrogen-bond acceptors (Lipinski definition) is 4. The first-order valence-corrected chi connectivity index (χ1v) is 7.84. The molecular formula is C15H12BrN3S. The summed E-state index contributed by atoms with van der Waals surface area (Å²) in [5.41, 5.74) is 3.01. The molecule has 0 fully saturated rings. The zero-order valence-electron chi connectivity index (χ0n) is 10.6. The minimum Gasteiger partial charge on any atom is -0.378 e. The van der Waals surface area contributed by atoms with Crippen molar-refractivity contribution < 1.29 is 0 Å². The van der Waals surface area contributed by atoms with Crippen LogP contribution in [0.2, 0.25) is 0 Å². The van der Waals surface area contributed by atoms with Crippen LogP contribution in [0.15, 0.2) is 58.5 Å². The van der Waals surface area contributed by atoms with E-state index in [1.54, 1.807) is 17.5 Å². The summed E-state index contributed by atoms with van der Waals surface area (Å²) in [4.78, 5) is 8.92. The molecule has 3 rings (SSSR count). The Bertz CT molecular complexity index is 697. The molecule has 3 nitrogen and oxygen atoms in total. The molecule has 0 radical (unpaired) electrons. The normalized spacial score (nSPS) is 10.4. The third-order valence-electron chi connectivity index (χ3n) is 2.77. The van der Waals surface area contributed by atoms with E-state index in [1.807, 2.05) is 42.5 Å². The van der Waals surface area contributed by atoms with Gasteiger partial charge in [-0.15, -0.1) is 11.3 Å². The van der Waals surface area contributed by atoms with Crippen molar-refractivity contribution in [2.24, 2.45) is 0 Å². The summed E-state index contributed by atoms with van der Waals surface area (Å²) in [6, 6.07) is 13.9. The Labute approximate surface area is 129 Å². The number of nitrogens with zero attached hydrogens (tertiary/aromatic N) is 2. The Morgan fingerprint density at radius 3 is 2.75 bits per heavy atom. The fourth-order valence-electron chi connectivity index (χ4n) is 1.79. The van der Waals surface area contributed by atoms with Gasteiger partial charge in [0.25, 0.3) is 0 Å². The van der Waals surface area contributed by atoms with Gasteiger partial charge in [-0.2, -0.15) is 0 Å². The molecule has 100 valence electrons. The molecular weight excluding hydrogens is 334 g/mol. The van der Waals surface area contributed by atoms with Crippen molar-refractivity contribution in [3.63, 3.8) is 0 Å². The number of halogens is 1. The molecule has 0 atom stereocenters. The van der Waals surface area contributed by atoms with Gasteiger partial charge in [-0.25, -0.2) is 4.98 Å². The van der Waals surface area contributed by atoms with E-state index < -0.39 is 0 Å². The Morgan fingerprint density at radius 2 is 1.95 bits per heavy atom. The average Bonchev–Trinajstić information content (AvgIpc) is 2.96. The van der Waals surface area contributed by atoms with Crippen LogP contribution in [-0.2, 0) is 6.54 Å². The molecule has 2 heterocycles. The maximum Gasteiger partial charge on any atom is 0.142 e. The Kier molecular flexibility index (Phi) is 4.08. The van der Waals surface area contributed by atoms with Crippen LogP contribution in [0.4, 0.5) is 5.69 Å². The number of pyridine rings is 1. The van der Waals surface area contributed by atoms with E-state index in [-0.39, 0.29) is 0 Å². The van der Waals surface area contributed by atoms with Crippen molar-refractivity contribution >= 4 is 33.0 Å². The first-order chi connectivity index (χ1) is 9.83. The molecule has 2 aromatic heterocycles. The minimum atomic E-state index is 0.700. The number of thiazole rings is 1.